The first kappa shape index (κ1) is 12.8. The molecule has 0 aromatic heterocycles. The van der Waals surface area contributed by atoms with E-state index in [1.165, 1.54) is 25.3 Å². The minimum Gasteiger partial charge on any atom is -0.504 e. The molecule has 3 rings (SSSR count). The third-order valence-electron chi connectivity index (χ3n) is 4.60. The summed E-state index contributed by atoms with van der Waals surface area (Å²) in [6, 6.07) is 3.22. The van der Waals surface area contributed by atoms with E-state index < -0.39 is 6.10 Å². The normalized spacial score (nSPS) is 26.8. The molecule has 0 bridgehead atoms. The van der Waals surface area contributed by atoms with E-state index in [1.54, 1.807) is 6.07 Å². The van der Waals surface area contributed by atoms with Gasteiger partial charge in [-0.3, -0.25) is 0 Å². The number of nitrogens with one attached hydrogen (secondary N) is 1. The fraction of sp³-hybridized carbons (Fsp3) is 0.600. The van der Waals surface area contributed by atoms with E-state index in [2.05, 4.69) is 5.32 Å². The van der Waals surface area contributed by atoms with E-state index in [0.29, 0.717) is 12.0 Å². The van der Waals surface area contributed by atoms with Crippen LogP contribution >= 0.6 is 0 Å². The van der Waals surface area contributed by atoms with E-state index in [4.69, 9.17) is 0 Å². The molecule has 0 aliphatic heterocycles. The van der Waals surface area contributed by atoms with Gasteiger partial charge in [-0.25, -0.2) is 0 Å². The van der Waals surface area contributed by atoms with Gasteiger partial charge in [0.05, 0.1) is 6.10 Å². The average Bonchev–Trinajstić information content (AvgIpc) is 2.34. The molecule has 0 amide bonds. The maximum absolute atomic E-state index is 10.4. The predicted octanol–water partition coefficient (Wildman–Crippen LogP) is 1.84. The molecule has 2 aliphatic rings. The van der Waals surface area contributed by atoms with Gasteiger partial charge in [0.2, 0.25) is 0 Å². The lowest BCUT2D eigenvalue weighted by Crippen LogP contribution is -2.41. The van der Waals surface area contributed by atoms with Crippen molar-refractivity contribution in [3.05, 3.63) is 23.3 Å². The Bertz CT molecular complexity index is 471. The fourth-order valence-corrected chi connectivity index (χ4v) is 3.08. The molecule has 0 unspecified atom stereocenters. The number of phenols is 2. The quantitative estimate of drug-likeness (QED) is 0.628. The molecule has 0 spiro atoms. The molecule has 4 nitrogen and oxygen atoms in total. The van der Waals surface area contributed by atoms with Crippen LogP contribution in [0.2, 0.25) is 0 Å². The molecular weight excluding hydrogens is 242 g/mol. The summed E-state index contributed by atoms with van der Waals surface area (Å²) in [5.74, 6) is 0.586. The standard InChI is InChI=1S/C15H21NO3/c17-13-7-5-10-11(15(13)19)4-6-12(14(10)18)16-8-9-2-1-3-9/h5,7,9,12,14,16-19H,1-4,6,8H2/t12-,14-/m1/s1. The van der Waals surface area contributed by atoms with Crippen LogP contribution in [0.25, 0.3) is 0 Å². The third-order valence-corrected chi connectivity index (χ3v) is 4.60. The van der Waals surface area contributed by atoms with Crippen LogP contribution in [0.15, 0.2) is 12.1 Å². The van der Waals surface area contributed by atoms with E-state index in [-0.39, 0.29) is 17.5 Å². The largest absolute Gasteiger partial charge is 0.504 e. The van der Waals surface area contributed by atoms with Gasteiger partial charge in [0.1, 0.15) is 0 Å². The maximum atomic E-state index is 10.4. The minimum absolute atomic E-state index is 0.0528. The molecule has 1 saturated carbocycles. The van der Waals surface area contributed by atoms with Gasteiger partial charge in [-0.2, -0.15) is 0 Å². The summed E-state index contributed by atoms with van der Waals surface area (Å²) in [5, 5.41) is 33.2. The highest BCUT2D eigenvalue weighted by molar-refractivity contribution is 5.51. The highest BCUT2D eigenvalue weighted by Crippen LogP contribution is 2.39. The van der Waals surface area contributed by atoms with Crippen LogP contribution in [-0.4, -0.2) is 27.9 Å². The SMILES string of the molecule is Oc1ccc2c(c1O)CC[C@@H](NCC1CCC1)[C@@H]2O. The van der Waals surface area contributed by atoms with Crippen molar-refractivity contribution in [3.8, 4) is 11.5 Å². The summed E-state index contributed by atoms with van der Waals surface area (Å²) in [6.07, 6.45) is 4.79. The minimum atomic E-state index is -0.602. The van der Waals surface area contributed by atoms with Crippen molar-refractivity contribution in [1.82, 2.24) is 5.32 Å². The molecule has 1 fully saturated rings. The second-order valence-corrected chi connectivity index (χ2v) is 5.80. The van der Waals surface area contributed by atoms with Crippen LogP contribution in [-0.2, 0) is 6.42 Å². The second-order valence-electron chi connectivity index (χ2n) is 5.80. The monoisotopic (exact) mass is 263 g/mol. The number of phenolic OH excluding ortho intramolecular Hbond substituents is 2. The summed E-state index contributed by atoms with van der Waals surface area (Å²) in [5.41, 5.74) is 1.43. The Labute approximate surface area is 113 Å². The Morgan fingerprint density at radius 1 is 1.16 bits per heavy atom. The number of hydrogen-bond acceptors (Lipinski definition) is 4. The zero-order valence-electron chi connectivity index (χ0n) is 11.0. The van der Waals surface area contributed by atoms with Gasteiger partial charge in [0.25, 0.3) is 0 Å². The fourth-order valence-electron chi connectivity index (χ4n) is 3.08. The molecule has 0 radical (unpaired) electrons. The van der Waals surface area contributed by atoms with Crippen molar-refractivity contribution in [1.29, 1.82) is 0 Å². The van der Waals surface area contributed by atoms with Crippen molar-refractivity contribution in [2.45, 2.75) is 44.2 Å². The number of aliphatic hydroxyl groups is 1. The number of benzene rings is 1. The first-order valence-corrected chi connectivity index (χ1v) is 7.12. The Morgan fingerprint density at radius 2 is 1.95 bits per heavy atom. The highest BCUT2D eigenvalue weighted by atomic mass is 16.3. The smallest absolute Gasteiger partial charge is 0.161 e. The highest BCUT2D eigenvalue weighted by Gasteiger charge is 2.31. The molecule has 2 atom stereocenters. The van der Waals surface area contributed by atoms with Gasteiger partial charge in [0.15, 0.2) is 11.5 Å². The van der Waals surface area contributed by atoms with E-state index >= 15 is 0 Å². The molecule has 4 N–H and O–H groups in total. The maximum Gasteiger partial charge on any atom is 0.161 e. The topological polar surface area (TPSA) is 72.7 Å². The predicted molar refractivity (Wildman–Crippen MR) is 72.2 cm³/mol. The average molecular weight is 263 g/mol. The molecule has 1 aromatic rings. The van der Waals surface area contributed by atoms with Gasteiger partial charge >= 0.3 is 0 Å². The molecular formula is C15H21NO3. The van der Waals surface area contributed by atoms with Gasteiger partial charge in [0, 0.05) is 11.6 Å². The number of rotatable bonds is 3. The first-order valence-electron chi connectivity index (χ1n) is 7.12. The number of hydrogen-bond donors (Lipinski definition) is 4. The number of aliphatic hydroxyl groups excluding tert-OH is 1. The van der Waals surface area contributed by atoms with E-state index in [0.717, 1.165) is 24.4 Å². The van der Waals surface area contributed by atoms with Crippen molar-refractivity contribution in [3.63, 3.8) is 0 Å². The van der Waals surface area contributed by atoms with Gasteiger partial charge in [-0.1, -0.05) is 12.5 Å². The lowest BCUT2D eigenvalue weighted by atomic mass is 9.83. The van der Waals surface area contributed by atoms with Crippen LogP contribution in [0, 0.1) is 5.92 Å². The van der Waals surface area contributed by atoms with Crippen molar-refractivity contribution < 1.29 is 15.3 Å². The van der Waals surface area contributed by atoms with E-state index in [1.807, 2.05) is 0 Å². The summed E-state index contributed by atoms with van der Waals surface area (Å²) in [4.78, 5) is 0. The van der Waals surface area contributed by atoms with Crippen LogP contribution in [0.5, 0.6) is 11.5 Å². The molecule has 4 heteroatoms. The third kappa shape index (κ3) is 2.30. The number of aromatic hydroxyl groups is 2. The molecule has 0 heterocycles. The lowest BCUT2D eigenvalue weighted by molar-refractivity contribution is 0.108. The Morgan fingerprint density at radius 3 is 2.63 bits per heavy atom. The summed E-state index contributed by atoms with van der Waals surface area (Å²) in [6.45, 7) is 0.973. The number of fused-ring (bicyclic) bond motifs is 1. The Kier molecular flexibility index (Phi) is 3.37. The zero-order valence-corrected chi connectivity index (χ0v) is 11.0. The zero-order chi connectivity index (χ0) is 13.4. The Hall–Kier alpha value is -1.26. The summed E-state index contributed by atoms with van der Waals surface area (Å²) in [7, 11) is 0. The van der Waals surface area contributed by atoms with Crippen LogP contribution < -0.4 is 5.32 Å². The summed E-state index contributed by atoms with van der Waals surface area (Å²) < 4.78 is 0. The van der Waals surface area contributed by atoms with E-state index in [9.17, 15) is 15.3 Å². The van der Waals surface area contributed by atoms with Crippen molar-refractivity contribution in [2.24, 2.45) is 5.92 Å². The molecule has 2 aliphatic carbocycles. The van der Waals surface area contributed by atoms with Crippen LogP contribution in [0.4, 0.5) is 0 Å². The van der Waals surface area contributed by atoms with Crippen molar-refractivity contribution in [2.75, 3.05) is 6.54 Å². The molecule has 104 valence electrons. The lowest BCUT2D eigenvalue weighted by Gasteiger charge is -2.34. The second kappa shape index (κ2) is 5.02. The van der Waals surface area contributed by atoms with Gasteiger partial charge < -0.3 is 20.6 Å². The molecule has 19 heavy (non-hydrogen) atoms. The van der Waals surface area contributed by atoms with Crippen molar-refractivity contribution >= 4 is 0 Å². The van der Waals surface area contributed by atoms with Gasteiger partial charge in [-0.05, 0) is 49.8 Å². The van der Waals surface area contributed by atoms with Crippen LogP contribution in [0.1, 0.15) is 42.9 Å². The first-order chi connectivity index (χ1) is 9.16. The molecule has 0 saturated heterocycles. The Balaban J connectivity index is 1.72. The molecule has 1 aromatic carbocycles. The van der Waals surface area contributed by atoms with Gasteiger partial charge in [-0.15, -0.1) is 0 Å². The summed E-state index contributed by atoms with van der Waals surface area (Å²) >= 11 is 0. The van der Waals surface area contributed by atoms with Crippen LogP contribution in [0.3, 0.4) is 0 Å².